The molecule has 190 valence electrons. The van der Waals surface area contributed by atoms with Crippen LogP contribution in [0.3, 0.4) is 0 Å². The Hall–Kier alpha value is -3.84. The number of amidine groups is 1. The van der Waals surface area contributed by atoms with Crippen molar-refractivity contribution in [3.63, 3.8) is 0 Å². The van der Waals surface area contributed by atoms with E-state index in [2.05, 4.69) is 5.32 Å². The first kappa shape index (κ1) is 26.2. The molecule has 0 aliphatic carbocycles. The molecular formula is C30H31N3O3S. The lowest BCUT2D eigenvalue weighted by molar-refractivity contribution is -0.138. The predicted octanol–water partition coefficient (Wildman–Crippen LogP) is 6.43. The minimum absolute atomic E-state index is 0.127. The molecule has 7 heteroatoms. The molecule has 1 atom stereocenters. The average Bonchev–Trinajstić information content (AvgIpc) is 2.90. The molecule has 0 saturated carbocycles. The third-order valence-electron chi connectivity index (χ3n) is 6.18. The van der Waals surface area contributed by atoms with E-state index in [4.69, 9.17) is 9.73 Å². The molecule has 0 spiro atoms. The van der Waals surface area contributed by atoms with E-state index < -0.39 is 12.0 Å². The number of carbonyl (C=O) groups is 2. The van der Waals surface area contributed by atoms with E-state index in [1.807, 2.05) is 105 Å². The Morgan fingerprint density at radius 3 is 2.27 bits per heavy atom. The molecule has 0 bridgehead atoms. The van der Waals surface area contributed by atoms with Gasteiger partial charge >= 0.3 is 5.97 Å². The van der Waals surface area contributed by atoms with Gasteiger partial charge < -0.3 is 10.1 Å². The summed E-state index contributed by atoms with van der Waals surface area (Å²) in [7, 11) is 0. The van der Waals surface area contributed by atoms with Gasteiger partial charge in [-0.25, -0.2) is 9.79 Å². The third-order valence-corrected chi connectivity index (χ3v) is 7.13. The van der Waals surface area contributed by atoms with Crippen LogP contribution in [0.5, 0.6) is 0 Å². The van der Waals surface area contributed by atoms with Crippen LogP contribution in [0.4, 0.5) is 11.4 Å². The number of allylic oxidation sites excluding steroid dienone is 1. The van der Waals surface area contributed by atoms with Gasteiger partial charge in [-0.2, -0.15) is 0 Å². The quantitative estimate of drug-likeness (QED) is 0.369. The van der Waals surface area contributed by atoms with Crippen molar-refractivity contribution < 1.29 is 14.3 Å². The topological polar surface area (TPSA) is 71.0 Å². The summed E-state index contributed by atoms with van der Waals surface area (Å²) < 4.78 is 5.44. The molecule has 0 aromatic heterocycles. The van der Waals surface area contributed by atoms with Crippen LogP contribution < -0.4 is 10.2 Å². The maximum absolute atomic E-state index is 13.1. The summed E-state index contributed by atoms with van der Waals surface area (Å²) in [4.78, 5) is 33.0. The van der Waals surface area contributed by atoms with E-state index in [0.717, 1.165) is 28.2 Å². The highest BCUT2D eigenvalue weighted by Gasteiger charge is 2.35. The van der Waals surface area contributed by atoms with Crippen molar-refractivity contribution in [2.45, 2.75) is 33.7 Å². The van der Waals surface area contributed by atoms with Crippen LogP contribution in [0.15, 0.2) is 95.1 Å². The summed E-state index contributed by atoms with van der Waals surface area (Å²) in [6.07, 6.45) is 0. The molecule has 1 N–H and O–H groups in total. The second-order valence-electron chi connectivity index (χ2n) is 8.75. The van der Waals surface area contributed by atoms with E-state index >= 15 is 0 Å². The van der Waals surface area contributed by atoms with Crippen LogP contribution >= 0.6 is 11.8 Å². The highest BCUT2D eigenvalue weighted by molar-refractivity contribution is 8.14. The standard InChI is InChI=1S/C30H31N3O3S/c1-5-36-29(35)27-22(4)33(25-14-10-7-11-15-25)30(32-28(27)23-12-8-6-9-13-23)37-19-26(34)31-24-17-16-20(2)21(3)18-24/h6-18,28H,5,19H2,1-4H3,(H,31,34)/t28-/m0/s1. The lowest BCUT2D eigenvalue weighted by Gasteiger charge is -2.34. The lowest BCUT2D eigenvalue weighted by Crippen LogP contribution is -2.36. The fourth-order valence-corrected chi connectivity index (χ4v) is 5.05. The number of carbonyl (C=O) groups excluding carboxylic acids is 2. The molecule has 0 saturated heterocycles. The molecule has 0 radical (unpaired) electrons. The first-order valence-corrected chi connectivity index (χ1v) is 13.2. The summed E-state index contributed by atoms with van der Waals surface area (Å²) in [6.45, 7) is 8.03. The van der Waals surface area contributed by atoms with Crippen LogP contribution in [0.2, 0.25) is 0 Å². The first-order chi connectivity index (χ1) is 17.9. The number of benzene rings is 3. The Labute approximate surface area is 222 Å². The van der Waals surface area contributed by atoms with Crippen molar-refractivity contribution in [1.29, 1.82) is 0 Å². The number of aliphatic imine (C=N–C) groups is 1. The van der Waals surface area contributed by atoms with Gasteiger partial charge in [0.05, 0.1) is 17.9 Å². The Kier molecular flexibility index (Phi) is 8.46. The van der Waals surface area contributed by atoms with E-state index in [1.165, 1.54) is 17.3 Å². The highest BCUT2D eigenvalue weighted by atomic mass is 32.2. The van der Waals surface area contributed by atoms with E-state index in [-0.39, 0.29) is 18.3 Å². The fourth-order valence-electron chi connectivity index (χ4n) is 4.17. The van der Waals surface area contributed by atoms with Gasteiger partial charge in [-0.3, -0.25) is 9.69 Å². The van der Waals surface area contributed by atoms with Crippen molar-refractivity contribution in [2.75, 3.05) is 22.6 Å². The molecule has 6 nitrogen and oxygen atoms in total. The Morgan fingerprint density at radius 2 is 1.62 bits per heavy atom. The Balaban J connectivity index is 1.68. The normalized spacial score (nSPS) is 15.3. The molecule has 0 unspecified atom stereocenters. The van der Waals surface area contributed by atoms with Crippen molar-refractivity contribution in [2.24, 2.45) is 4.99 Å². The molecular weight excluding hydrogens is 482 g/mol. The van der Waals surface area contributed by atoms with Gasteiger partial charge in [0.1, 0.15) is 6.04 Å². The summed E-state index contributed by atoms with van der Waals surface area (Å²) in [5.74, 6) is -0.355. The van der Waals surface area contributed by atoms with Crippen molar-refractivity contribution in [3.05, 3.63) is 107 Å². The molecule has 3 aromatic carbocycles. The summed E-state index contributed by atoms with van der Waals surface area (Å²) >= 11 is 1.34. The molecule has 1 heterocycles. The molecule has 1 aliphatic rings. The average molecular weight is 514 g/mol. The van der Waals surface area contributed by atoms with Gasteiger partial charge in [-0.05, 0) is 68.7 Å². The van der Waals surface area contributed by atoms with Crippen LogP contribution in [-0.2, 0) is 14.3 Å². The van der Waals surface area contributed by atoms with Crippen molar-refractivity contribution >= 4 is 40.2 Å². The van der Waals surface area contributed by atoms with Gasteiger partial charge in [-0.15, -0.1) is 0 Å². The number of aryl methyl sites for hydroxylation is 2. The van der Waals surface area contributed by atoms with Crippen LogP contribution in [0.25, 0.3) is 0 Å². The number of anilines is 2. The number of amides is 1. The molecule has 37 heavy (non-hydrogen) atoms. The molecule has 4 rings (SSSR count). The predicted molar refractivity (Wildman–Crippen MR) is 152 cm³/mol. The zero-order valence-corrected chi connectivity index (χ0v) is 22.3. The Bertz CT molecular complexity index is 1340. The zero-order valence-electron chi connectivity index (χ0n) is 21.5. The maximum atomic E-state index is 13.1. The number of thioether (sulfide) groups is 1. The van der Waals surface area contributed by atoms with Crippen molar-refractivity contribution in [1.82, 2.24) is 0 Å². The number of para-hydroxylation sites is 1. The summed E-state index contributed by atoms with van der Waals surface area (Å²) in [6, 6.07) is 24.7. The van der Waals surface area contributed by atoms with E-state index in [9.17, 15) is 9.59 Å². The second-order valence-corrected chi connectivity index (χ2v) is 9.69. The number of hydrogen-bond acceptors (Lipinski definition) is 6. The van der Waals surface area contributed by atoms with Gasteiger partial charge in [0.15, 0.2) is 5.17 Å². The number of ether oxygens (including phenoxy) is 1. The van der Waals surface area contributed by atoms with Crippen molar-refractivity contribution in [3.8, 4) is 0 Å². The molecule has 1 amide bonds. The number of esters is 1. The fraction of sp³-hybridized carbons (Fsp3) is 0.233. The molecule has 0 fully saturated rings. The van der Waals surface area contributed by atoms with Crippen LogP contribution in [0, 0.1) is 13.8 Å². The molecule has 3 aromatic rings. The Morgan fingerprint density at radius 1 is 0.946 bits per heavy atom. The number of hydrogen-bond donors (Lipinski definition) is 1. The van der Waals surface area contributed by atoms with Gasteiger partial charge in [-0.1, -0.05) is 66.4 Å². The minimum Gasteiger partial charge on any atom is -0.463 e. The number of rotatable bonds is 7. The van der Waals surface area contributed by atoms with Gasteiger partial charge in [0.2, 0.25) is 5.91 Å². The van der Waals surface area contributed by atoms with Gasteiger partial charge in [0, 0.05) is 17.1 Å². The van der Waals surface area contributed by atoms with Gasteiger partial charge in [0.25, 0.3) is 0 Å². The highest BCUT2D eigenvalue weighted by Crippen LogP contribution is 2.39. The first-order valence-electron chi connectivity index (χ1n) is 12.2. The number of nitrogens with zero attached hydrogens (tertiary/aromatic N) is 2. The minimum atomic E-state index is -0.537. The second kappa shape index (κ2) is 11.9. The zero-order chi connectivity index (χ0) is 26.4. The van der Waals surface area contributed by atoms with E-state index in [0.29, 0.717) is 10.7 Å². The van der Waals surface area contributed by atoms with E-state index in [1.54, 1.807) is 6.92 Å². The summed E-state index contributed by atoms with van der Waals surface area (Å²) in [5, 5.41) is 3.62. The monoisotopic (exact) mass is 513 g/mol. The third kappa shape index (κ3) is 6.12. The summed E-state index contributed by atoms with van der Waals surface area (Å²) in [5.41, 5.74) is 6.02. The van der Waals surface area contributed by atoms with Crippen LogP contribution in [0.1, 0.15) is 36.6 Å². The lowest BCUT2D eigenvalue weighted by atomic mass is 9.96. The molecule has 1 aliphatic heterocycles. The SMILES string of the molecule is CCOC(=O)C1=C(C)N(c2ccccc2)C(SCC(=O)Nc2ccc(C)c(C)c2)=N[C@H]1c1ccccc1. The maximum Gasteiger partial charge on any atom is 0.338 e. The number of nitrogens with one attached hydrogen (secondary N) is 1. The van der Waals surface area contributed by atoms with Crippen LogP contribution in [-0.4, -0.2) is 29.4 Å². The largest absolute Gasteiger partial charge is 0.463 e. The smallest absolute Gasteiger partial charge is 0.338 e.